The van der Waals surface area contributed by atoms with Crippen molar-refractivity contribution in [3.05, 3.63) is 53.6 Å². The number of benzene rings is 2. The molecule has 0 unspecified atom stereocenters. The highest BCUT2D eigenvalue weighted by atomic mass is 16.5. The third-order valence-electron chi connectivity index (χ3n) is 3.34. The van der Waals surface area contributed by atoms with Gasteiger partial charge in [-0.25, -0.2) is 0 Å². The van der Waals surface area contributed by atoms with E-state index in [-0.39, 0.29) is 24.6 Å². The molecule has 7 heteroatoms. The zero-order chi connectivity index (χ0) is 18.2. The van der Waals surface area contributed by atoms with Crippen LogP contribution in [-0.2, 0) is 4.79 Å². The van der Waals surface area contributed by atoms with Crippen LogP contribution in [0.4, 0.5) is 5.69 Å². The molecule has 0 aliphatic rings. The predicted molar refractivity (Wildman–Crippen MR) is 92.9 cm³/mol. The minimum Gasteiger partial charge on any atom is -0.507 e. The van der Waals surface area contributed by atoms with Crippen LogP contribution in [-0.4, -0.2) is 42.0 Å². The lowest BCUT2D eigenvalue weighted by Crippen LogP contribution is -2.25. The molecule has 2 aromatic carbocycles. The van der Waals surface area contributed by atoms with Crippen molar-refractivity contribution in [1.82, 2.24) is 5.32 Å². The molecule has 0 aliphatic carbocycles. The van der Waals surface area contributed by atoms with Crippen molar-refractivity contribution in [2.75, 3.05) is 13.7 Å². The fourth-order valence-electron chi connectivity index (χ4n) is 1.99. The minimum atomic E-state index is -0.966. The number of carbonyl (C=O) groups excluding carboxylic acids is 1. The van der Waals surface area contributed by atoms with Crippen molar-refractivity contribution in [2.45, 2.75) is 6.42 Å². The minimum absolute atomic E-state index is 0.0533. The SMILES string of the molecule is COc1ccc(C=Nc2ccc(C(=O)NCCC(=O)O)cc2)c(O)c1. The third kappa shape index (κ3) is 5.35. The lowest BCUT2D eigenvalue weighted by molar-refractivity contribution is -0.136. The molecule has 0 saturated heterocycles. The number of methoxy groups -OCH3 is 1. The number of nitrogens with one attached hydrogen (secondary N) is 1. The van der Waals surface area contributed by atoms with Gasteiger partial charge in [-0.2, -0.15) is 0 Å². The number of phenols is 1. The number of nitrogens with zero attached hydrogens (tertiary/aromatic N) is 1. The highest BCUT2D eigenvalue weighted by Gasteiger charge is 2.06. The van der Waals surface area contributed by atoms with Crippen LogP contribution in [0.5, 0.6) is 11.5 Å². The molecule has 25 heavy (non-hydrogen) atoms. The molecule has 0 spiro atoms. The molecule has 0 fully saturated rings. The van der Waals surface area contributed by atoms with E-state index in [0.29, 0.717) is 22.6 Å². The van der Waals surface area contributed by atoms with E-state index in [9.17, 15) is 14.7 Å². The van der Waals surface area contributed by atoms with Crippen molar-refractivity contribution in [3.8, 4) is 11.5 Å². The summed E-state index contributed by atoms with van der Waals surface area (Å²) < 4.78 is 5.01. The highest BCUT2D eigenvalue weighted by molar-refractivity contribution is 5.94. The number of carboxylic acid groups (broad SMARTS) is 1. The summed E-state index contributed by atoms with van der Waals surface area (Å²) >= 11 is 0. The normalized spacial score (nSPS) is 10.6. The van der Waals surface area contributed by atoms with Gasteiger partial charge in [-0.15, -0.1) is 0 Å². The molecule has 2 aromatic rings. The van der Waals surface area contributed by atoms with Gasteiger partial charge in [0.25, 0.3) is 5.91 Å². The number of phenolic OH excluding ortho intramolecular Hbond substituents is 1. The maximum absolute atomic E-state index is 11.8. The molecule has 1 amide bonds. The van der Waals surface area contributed by atoms with Gasteiger partial charge in [0, 0.05) is 30.0 Å². The Kier molecular flexibility index (Phi) is 6.11. The van der Waals surface area contributed by atoms with E-state index in [1.54, 1.807) is 36.4 Å². The molecule has 0 bridgehead atoms. The second-order valence-electron chi connectivity index (χ2n) is 5.13. The van der Waals surface area contributed by atoms with Crippen molar-refractivity contribution in [2.24, 2.45) is 4.99 Å². The van der Waals surface area contributed by atoms with Gasteiger partial charge in [0.05, 0.1) is 19.2 Å². The molecule has 7 nitrogen and oxygen atoms in total. The highest BCUT2D eigenvalue weighted by Crippen LogP contribution is 2.22. The Hall–Kier alpha value is -3.35. The van der Waals surface area contributed by atoms with Crippen molar-refractivity contribution in [3.63, 3.8) is 0 Å². The monoisotopic (exact) mass is 342 g/mol. The fourth-order valence-corrected chi connectivity index (χ4v) is 1.99. The van der Waals surface area contributed by atoms with Gasteiger partial charge in [0.15, 0.2) is 0 Å². The second kappa shape index (κ2) is 8.49. The number of carboxylic acids is 1. The Morgan fingerprint density at radius 1 is 1.20 bits per heavy atom. The van der Waals surface area contributed by atoms with Crippen LogP contribution in [0.3, 0.4) is 0 Å². The van der Waals surface area contributed by atoms with Gasteiger partial charge in [0.1, 0.15) is 11.5 Å². The first-order valence-corrected chi connectivity index (χ1v) is 7.50. The number of hydrogen-bond acceptors (Lipinski definition) is 5. The lowest BCUT2D eigenvalue weighted by atomic mass is 10.2. The predicted octanol–water partition coefficient (Wildman–Crippen LogP) is 2.36. The lowest BCUT2D eigenvalue weighted by Gasteiger charge is -2.04. The van der Waals surface area contributed by atoms with Crippen molar-refractivity contribution >= 4 is 23.8 Å². The Morgan fingerprint density at radius 3 is 2.52 bits per heavy atom. The van der Waals surface area contributed by atoms with E-state index in [1.165, 1.54) is 19.4 Å². The quantitative estimate of drug-likeness (QED) is 0.669. The number of aliphatic carboxylic acids is 1. The molecule has 0 aliphatic heterocycles. The number of aromatic hydroxyl groups is 1. The summed E-state index contributed by atoms with van der Waals surface area (Å²) in [4.78, 5) is 26.5. The van der Waals surface area contributed by atoms with E-state index < -0.39 is 5.97 Å². The van der Waals surface area contributed by atoms with E-state index in [4.69, 9.17) is 9.84 Å². The van der Waals surface area contributed by atoms with E-state index in [2.05, 4.69) is 10.3 Å². The van der Waals surface area contributed by atoms with Crippen LogP contribution in [0.1, 0.15) is 22.3 Å². The number of carbonyl (C=O) groups is 2. The molecule has 2 rings (SSSR count). The van der Waals surface area contributed by atoms with Crippen LogP contribution in [0.15, 0.2) is 47.5 Å². The van der Waals surface area contributed by atoms with Gasteiger partial charge in [-0.3, -0.25) is 14.6 Å². The van der Waals surface area contributed by atoms with E-state index in [0.717, 1.165) is 0 Å². The first kappa shape index (κ1) is 18.0. The van der Waals surface area contributed by atoms with Crippen LogP contribution in [0, 0.1) is 0 Å². The summed E-state index contributed by atoms with van der Waals surface area (Å²) in [5, 5.41) is 20.9. The second-order valence-corrected chi connectivity index (χ2v) is 5.13. The Balaban J connectivity index is 2.00. The van der Waals surface area contributed by atoms with Crippen molar-refractivity contribution in [1.29, 1.82) is 0 Å². The number of aliphatic imine (C=N–C) groups is 1. The first-order valence-electron chi connectivity index (χ1n) is 7.50. The number of amides is 1. The standard InChI is InChI=1S/C18H18N2O5/c1-25-15-7-4-13(16(21)10-15)11-20-14-5-2-12(3-6-14)18(24)19-9-8-17(22)23/h2-7,10-11,21H,8-9H2,1H3,(H,19,24)(H,22,23). The molecular weight excluding hydrogens is 324 g/mol. The van der Waals surface area contributed by atoms with E-state index >= 15 is 0 Å². The Bertz CT molecular complexity index is 785. The zero-order valence-corrected chi connectivity index (χ0v) is 13.6. The maximum Gasteiger partial charge on any atom is 0.305 e. The number of ether oxygens (including phenoxy) is 1. The summed E-state index contributed by atoms with van der Waals surface area (Å²) in [6, 6.07) is 11.4. The third-order valence-corrected chi connectivity index (χ3v) is 3.34. The number of hydrogen-bond donors (Lipinski definition) is 3. The molecule has 3 N–H and O–H groups in total. The van der Waals surface area contributed by atoms with E-state index in [1.807, 2.05) is 0 Å². The van der Waals surface area contributed by atoms with Gasteiger partial charge in [-0.1, -0.05) is 0 Å². The topological polar surface area (TPSA) is 108 Å². The van der Waals surface area contributed by atoms with Gasteiger partial charge in [0.2, 0.25) is 0 Å². The maximum atomic E-state index is 11.8. The van der Waals surface area contributed by atoms with Crippen LogP contribution in [0.25, 0.3) is 0 Å². The van der Waals surface area contributed by atoms with Crippen LogP contribution in [0.2, 0.25) is 0 Å². The molecule has 0 aromatic heterocycles. The van der Waals surface area contributed by atoms with Crippen LogP contribution >= 0.6 is 0 Å². The molecule has 130 valence electrons. The van der Waals surface area contributed by atoms with Gasteiger partial charge in [-0.05, 0) is 36.4 Å². The zero-order valence-electron chi connectivity index (χ0n) is 13.6. The Morgan fingerprint density at radius 2 is 1.92 bits per heavy atom. The smallest absolute Gasteiger partial charge is 0.305 e. The van der Waals surface area contributed by atoms with Gasteiger partial charge >= 0.3 is 5.97 Å². The summed E-state index contributed by atoms with van der Waals surface area (Å²) in [7, 11) is 1.52. The number of rotatable bonds is 7. The largest absolute Gasteiger partial charge is 0.507 e. The molecule has 0 radical (unpaired) electrons. The molecular formula is C18H18N2O5. The average molecular weight is 342 g/mol. The average Bonchev–Trinajstić information content (AvgIpc) is 2.60. The van der Waals surface area contributed by atoms with Gasteiger partial charge < -0.3 is 20.3 Å². The molecule has 0 saturated carbocycles. The van der Waals surface area contributed by atoms with Crippen molar-refractivity contribution < 1.29 is 24.5 Å². The summed E-state index contributed by atoms with van der Waals surface area (Å²) in [6.45, 7) is 0.0742. The summed E-state index contributed by atoms with van der Waals surface area (Å²) in [5.41, 5.74) is 1.56. The molecule has 0 heterocycles. The Labute approximate surface area is 144 Å². The molecule has 0 atom stereocenters. The summed E-state index contributed by atoms with van der Waals surface area (Å²) in [5.74, 6) is -0.707. The van der Waals surface area contributed by atoms with Crippen LogP contribution < -0.4 is 10.1 Å². The summed E-state index contributed by atoms with van der Waals surface area (Å²) in [6.07, 6.45) is 1.39. The fraction of sp³-hybridized carbons (Fsp3) is 0.167. The first-order chi connectivity index (χ1) is 12.0.